The number of rotatable bonds is 8. The van der Waals surface area contributed by atoms with Gasteiger partial charge in [-0.3, -0.25) is 19.7 Å². The molecule has 0 aliphatic carbocycles. The van der Waals surface area contributed by atoms with E-state index in [2.05, 4.69) is 24.5 Å². The summed E-state index contributed by atoms with van der Waals surface area (Å²) >= 11 is 1.23. The molecule has 28 heavy (non-hydrogen) atoms. The summed E-state index contributed by atoms with van der Waals surface area (Å²) in [4.78, 5) is 35.2. The number of amides is 2. The van der Waals surface area contributed by atoms with E-state index in [1.165, 1.54) is 35.5 Å². The van der Waals surface area contributed by atoms with Crippen LogP contribution in [0.25, 0.3) is 0 Å². The first-order valence-electron chi connectivity index (χ1n) is 8.78. The number of carbonyl (C=O) groups excluding carboxylic acids is 2. The number of benzene rings is 2. The van der Waals surface area contributed by atoms with Crippen LogP contribution in [0, 0.1) is 10.1 Å². The molecule has 0 heterocycles. The zero-order valence-corrected chi connectivity index (χ0v) is 16.8. The summed E-state index contributed by atoms with van der Waals surface area (Å²) in [6.45, 7) is 4.38. The third-order valence-electron chi connectivity index (χ3n) is 4.18. The number of hydrogen-bond acceptors (Lipinski definition) is 5. The Hall–Kier alpha value is -2.87. The maximum absolute atomic E-state index is 12.2. The molecular weight excluding hydrogens is 378 g/mol. The van der Waals surface area contributed by atoms with Crippen LogP contribution < -0.4 is 10.6 Å². The number of hydrogen-bond donors (Lipinski definition) is 2. The number of nitrogens with zero attached hydrogens (tertiary/aromatic N) is 1. The zero-order chi connectivity index (χ0) is 20.7. The van der Waals surface area contributed by atoms with E-state index in [9.17, 15) is 19.7 Å². The van der Waals surface area contributed by atoms with E-state index in [-0.39, 0.29) is 23.7 Å². The van der Waals surface area contributed by atoms with Crippen molar-refractivity contribution in [2.24, 2.45) is 0 Å². The highest BCUT2D eigenvalue weighted by Gasteiger charge is 2.17. The molecule has 0 aliphatic rings. The summed E-state index contributed by atoms with van der Waals surface area (Å²) in [6, 6.07) is 12.2. The van der Waals surface area contributed by atoms with Gasteiger partial charge < -0.3 is 10.6 Å². The molecule has 2 N–H and O–H groups in total. The van der Waals surface area contributed by atoms with Crippen molar-refractivity contribution in [3.05, 3.63) is 69.3 Å². The highest BCUT2D eigenvalue weighted by atomic mass is 32.2. The van der Waals surface area contributed by atoms with Crippen LogP contribution in [-0.2, 0) is 11.3 Å². The molecule has 0 saturated carbocycles. The van der Waals surface area contributed by atoms with Crippen molar-refractivity contribution >= 4 is 29.3 Å². The predicted molar refractivity (Wildman–Crippen MR) is 110 cm³/mol. The number of thioether (sulfide) groups is 1. The second kappa shape index (κ2) is 9.89. The fourth-order valence-electron chi connectivity index (χ4n) is 2.52. The van der Waals surface area contributed by atoms with Crippen LogP contribution in [0.2, 0.25) is 0 Å². The number of nitro groups is 1. The largest absolute Gasteiger partial charge is 0.350 e. The molecule has 0 unspecified atom stereocenters. The van der Waals surface area contributed by atoms with Crippen molar-refractivity contribution in [1.82, 2.24) is 10.6 Å². The Morgan fingerprint density at radius 2 is 1.79 bits per heavy atom. The minimum atomic E-state index is -0.535. The van der Waals surface area contributed by atoms with E-state index >= 15 is 0 Å². The maximum atomic E-state index is 12.2. The first-order chi connectivity index (χ1) is 13.3. The van der Waals surface area contributed by atoms with Crippen LogP contribution >= 0.6 is 11.8 Å². The number of nitro benzene ring substituents is 1. The molecule has 0 aliphatic heterocycles. The molecule has 7 nitrogen and oxygen atoms in total. The van der Waals surface area contributed by atoms with Crippen molar-refractivity contribution < 1.29 is 14.5 Å². The Labute approximate surface area is 168 Å². The van der Waals surface area contributed by atoms with Crippen molar-refractivity contribution in [1.29, 1.82) is 0 Å². The molecule has 2 aromatic carbocycles. The van der Waals surface area contributed by atoms with Gasteiger partial charge in [-0.05, 0) is 35.4 Å². The monoisotopic (exact) mass is 401 g/mol. The average molecular weight is 401 g/mol. The summed E-state index contributed by atoms with van der Waals surface area (Å²) in [7, 11) is 0. The lowest BCUT2D eigenvalue weighted by Crippen LogP contribution is -2.36. The van der Waals surface area contributed by atoms with Gasteiger partial charge in [0, 0.05) is 18.2 Å². The van der Waals surface area contributed by atoms with Gasteiger partial charge in [0.1, 0.15) is 0 Å². The fraction of sp³-hybridized carbons (Fsp3) is 0.300. The third-order valence-corrected chi connectivity index (χ3v) is 4.97. The summed E-state index contributed by atoms with van der Waals surface area (Å²) in [5, 5.41) is 16.3. The van der Waals surface area contributed by atoms with E-state index < -0.39 is 10.8 Å². The molecule has 0 saturated heterocycles. The average Bonchev–Trinajstić information content (AvgIpc) is 2.70. The van der Waals surface area contributed by atoms with Gasteiger partial charge in [-0.25, -0.2) is 0 Å². The minimum absolute atomic E-state index is 0.130. The summed E-state index contributed by atoms with van der Waals surface area (Å²) in [5.74, 6) is -0.427. The Bertz CT molecular complexity index is 866. The molecule has 0 aromatic heterocycles. The highest BCUT2D eigenvalue weighted by Crippen LogP contribution is 2.28. The van der Waals surface area contributed by atoms with E-state index in [4.69, 9.17) is 0 Å². The van der Waals surface area contributed by atoms with Gasteiger partial charge in [0.15, 0.2) is 0 Å². The quantitative estimate of drug-likeness (QED) is 0.401. The lowest BCUT2D eigenvalue weighted by atomic mass is 10.0. The lowest BCUT2D eigenvalue weighted by molar-refractivity contribution is -0.387. The van der Waals surface area contributed by atoms with Crippen LogP contribution in [0.15, 0.2) is 47.4 Å². The molecule has 2 amide bonds. The summed E-state index contributed by atoms with van der Waals surface area (Å²) < 4.78 is 0. The summed E-state index contributed by atoms with van der Waals surface area (Å²) in [5.41, 5.74) is 2.20. The van der Waals surface area contributed by atoms with E-state index in [0.29, 0.717) is 17.4 Å². The van der Waals surface area contributed by atoms with E-state index in [1.54, 1.807) is 6.26 Å². The van der Waals surface area contributed by atoms with E-state index in [1.807, 2.05) is 24.3 Å². The molecule has 2 rings (SSSR count). The molecule has 0 spiro atoms. The number of carbonyl (C=O) groups is 2. The second-order valence-electron chi connectivity index (χ2n) is 6.50. The van der Waals surface area contributed by atoms with Crippen LogP contribution in [0.5, 0.6) is 0 Å². The molecular formula is C20H23N3O4S. The highest BCUT2D eigenvalue weighted by molar-refractivity contribution is 7.98. The van der Waals surface area contributed by atoms with Gasteiger partial charge in [0.2, 0.25) is 5.91 Å². The normalized spacial score (nSPS) is 10.6. The van der Waals surface area contributed by atoms with Crippen LogP contribution in [-0.4, -0.2) is 29.5 Å². The van der Waals surface area contributed by atoms with Crippen LogP contribution in [0.4, 0.5) is 5.69 Å². The van der Waals surface area contributed by atoms with E-state index in [0.717, 1.165) is 5.56 Å². The molecule has 148 valence electrons. The van der Waals surface area contributed by atoms with Crippen LogP contribution in [0.1, 0.15) is 41.3 Å². The van der Waals surface area contributed by atoms with Gasteiger partial charge in [0.25, 0.3) is 11.6 Å². The molecule has 0 fully saturated rings. The smallest absolute Gasteiger partial charge is 0.283 e. The number of nitrogens with one attached hydrogen (secondary N) is 2. The Morgan fingerprint density at radius 3 is 2.36 bits per heavy atom. The summed E-state index contributed by atoms with van der Waals surface area (Å²) in [6.07, 6.45) is 1.72. The van der Waals surface area contributed by atoms with Crippen molar-refractivity contribution in [2.45, 2.75) is 31.2 Å². The van der Waals surface area contributed by atoms with Crippen molar-refractivity contribution in [3.8, 4) is 0 Å². The van der Waals surface area contributed by atoms with Gasteiger partial charge >= 0.3 is 0 Å². The fourth-order valence-corrected chi connectivity index (χ4v) is 3.07. The van der Waals surface area contributed by atoms with Gasteiger partial charge in [-0.1, -0.05) is 38.1 Å². The van der Waals surface area contributed by atoms with Gasteiger partial charge in [0.05, 0.1) is 16.4 Å². The molecule has 0 radical (unpaired) electrons. The predicted octanol–water partition coefficient (Wildman–Crippen LogP) is 3.49. The molecule has 8 heteroatoms. The SMILES string of the molecule is CSc1ccc(C(=O)NCC(=O)NCc2ccc(C(C)C)cc2)cc1[N+](=O)[O-]. The lowest BCUT2D eigenvalue weighted by Gasteiger charge is -2.09. The zero-order valence-electron chi connectivity index (χ0n) is 16.0. The topological polar surface area (TPSA) is 101 Å². The maximum Gasteiger partial charge on any atom is 0.283 e. The van der Waals surface area contributed by atoms with Crippen molar-refractivity contribution in [2.75, 3.05) is 12.8 Å². The first kappa shape index (κ1) is 21.4. The molecule has 0 bridgehead atoms. The Kier molecular flexibility index (Phi) is 7.57. The third kappa shape index (κ3) is 5.82. The molecule has 2 aromatic rings. The standard InChI is InChI=1S/C20H23N3O4S/c1-13(2)15-6-4-14(5-7-15)11-21-19(24)12-22-20(25)16-8-9-18(28-3)17(10-16)23(26)27/h4-10,13H,11-12H2,1-3H3,(H,21,24)(H,22,25). The van der Waals surface area contributed by atoms with Gasteiger partial charge in [-0.15, -0.1) is 11.8 Å². The Balaban J connectivity index is 1.87. The second-order valence-corrected chi connectivity index (χ2v) is 7.35. The first-order valence-corrected chi connectivity index (χ1v) is 10.0. The van der Waals surface area contributed by atoms with Crippen molar-refractivity contribution in [3.63, 3.8) is 0 Å². The molecule has 0 atom stereocenters. The van der Waals surface area contributed by atoms with Gasteiger partial charge in [-0.2, -0.15) is 0 Å². The van der Waals surface area contributed by atoms with Crippen LogP contribution in [0.3, 0.4) is 0 Å². The minimum Gasteiger partial charge on any atom is -0.350 e. The Morgan fingerprint density at radius 1 is 1.11 bits per heavy atom.